The smallest absolute Gasteiger partial charge is 0.0664 e. The second-order valence-electron chi connectivity index (χ2n) is 4.54. The van der Waals surface area contributed by atoms with E-state index in [9.17, 15) is 5.11 Å². The summed E-state index contributed by atoms with van der Waals surface area (Å²) in [5.74, 6) is 0.866. The highest BCUT2D eigenvalue weighted by Gasteiger charge is 2.23. The van der Waals surface area contributed by atoms with Crippen molar-refractivity contribution in [3.05, 3.63) is 0 Å². The summed E-state index contributed by atoms with van der Waals surface area (Å²) in [6, 6.07) is 0.657. The summed E-state index contributed by atoms with van der Waals surface area (Å²) in [6.45, 7) is 8.67. The number of β-amino-alcohol motifs (C(OH)–C–C–N with tert-alkyl or cyclic N) is 1. The molecule has 0 saturated carbocycles. The van der Waals surface area contributed by atoms with Crippen molar-refractivity contribution in [2.45, 2.75) is 52.2 Å². The van der Waals surface area contributed by atoms with Gasteiger partial charge in [0.25, 0.3) is 0 Å². The average molecular weight is 185 g/mol. The van der Waals surface area contributed by atoms with Crippen molar-refractivity contribution in [3.63, 3.8) is 0 Å². The molecule has 0 aromatic heterocycles. The number of nitrogens with zero attached hydrogens (tertiary/aromatic N) is 1. The first-order valence-electron chi connectivity index (χ1n) is 5.55. The molecule has 1 N–H and O–H groups in total. The lowest BCUT2D eigenvalue weighted by molar-refractivity contribution is 0.0588. The van der Waals surface area contributed by atoms with Crippen LogP contribution in [-0.2, 0) is 0 Å². The lowest BCUT2D eigenvalue weighted by Crippen LogP contribution is -2.44. The molecule has 2 nitrogen and oxygen atoms in total. The molecule has 0 radical (unpaired) electrons. The number of hydrogen-bond acceptors (Lipinski definition) is 2. The maximum Gasteiger partial charge on any atom is 0.0664 e. The maximum atomic E-state index is 9.55. The first-order chi connectivity index (χ1) is 6.13. The van der Waals surface area contributed by atoms with Crippen molar-refractivity contribution in [2.75, 3.05) is 13.1 Å². The Bertz CT molecular complexity index is 149. The van der Waals surface area contributed by atoms with E-state index in [0.717, 1.165) is 18.9 Å². The monoisotopic (exact) mass is 185 g/mol. The van der Waals surface area contributed by atoms with Crippen LogP contribution in [0.5, 0.6) is 0 Å². The fourth-order valence-electron chi connectivity index (χ4n) is 2.13. The molecule has 78 valence electrons. The van der Waals surface area contributed by atoms with E-state index in [-0.39, 0.29) is 6.10 Å². The number of rotatable bonds is 3. The predicted molar refractivity (Wildman–Crippen MR) is 55.7 cm³/mol. The third-order valence-corrected chi connectivity index (χ3v) is 3.19. The van der Waals surface area contributed by atoms with E-state index in [0.29, 0.717) is 6.04 Å². The zero-order valence-corrected chi connectivity index (χ0v) is 9.16. The van der Waals surface area contributed by atoms with Crippen LogP contribution >= 0.6 is 0 Å². The minimum Gasteiger partial charge on any atom is -0.392 e. The van der Waals surface area contributed by atoms with E-state index in [1.165, 1.54) is 19.4 Å². The largest absolute Gasteiger partial charge is 0.392 e. The van der Waals surface area contributed by atoms with Crippen molar-refractivity contribution < 1.29 is 5.11 Å². The van der Waals surface area contributed by atoms with Gasteiger partial charge in [0, 0.05) is 12.6 Å². The molecule has 1 aliphatic heterocycles. The van der Waals surface area contributed by atoms with Gasteiger partial charge >= 0.3 is 0 Å². The second-order valence-corrected chi connectivity index (χ2v) is 4.54. The van der Waals surface area contributed by atoms with E-state index in [1.54, 1.807) is 0 Å². The van der Waals surface area contributed by atoms with E-state index in [2.05, 4.69) is 18.7 Å². The highest BCUT2D eigenvalue weighted by molar-refractivity contribution is 4.78. The van der Waals surface area contributed by atoms with Crippen LogP contribution in [0.25, 0.3) is 0 Å². The minimum absolute atomic E-state index is 0.129. The maximum absolute atomic E-state index is 9.55. The number of aliphatic hydroxyl groups excluding tert-OH is 1. The molecule has 1 heterocycles. The van der Waals surface area contributed by atoms with Crippen LogP contribution in [0, 0.1) is 5.92 Å². The van der Waals surface area contributed by atoms with Gasteiger partial charge in [-0.25, -0.2) is 0 Å². The van der Waals surface area contributed by atoms with Gasteiger partial charge in [-0.2, -0.15) is 0 Å². The van der Waals surface area contributed by atoms with Gasteiger partial charge in [-0.1, -0.05) is 13.8 Å². The minimum atomic E-state index is -0.129. The van der Waals surface area contributed by atoms with Gasteiger partial charge in [0.1, 0.15) is 0 Å². The van der Waals surface area contributed by atoms with Gasteiger partial charge < -0.3 is 5.11 Å². The quantitative estimate of drug-likeness (QED) is 0.725. The summed E-state index contributed by atoms with van der Waals surface area (Å²) < 4.78 is 0. The topological polar surface area (TPSA) is 23.5 Å². The van der Waals surface area contributed by atoms with E-state index >= 15 is 0 Å². The highest BCUT2D eigenvalue weighted by atomic mass is 16.3. The van der Waals surface area contributed by atoms with Crippen molar-refractivity contribution in [1.82, 2.24) is 4.90 Å². The van der Waals surface area contributed by atoms with Crippen molar-refractivity contribution >= 4 is 0 Å². The van der Waals surface area contributed by atoms with Crippen molar-refractivity contribution in [3.8, 4) is 0 Å². The van der Waals surface area contributed by atoms with Gasteiger partial charge in [-0.15, -0.1) is 0 Å². The Labute approximate surface area is 81.9 Å². The Morgan fingerprint density at radius 1 is 1.46 bits per heavy atom. The third kappa shape index (κ3) is 3.28. The number of piperidine rings is 1. The molecule has 0 aliphatic carbocycles. The lowest BCUT2D eigenvalue weighted by Gasteiger charge is -2.37. The molecule has 1 unspecified atom stereocenters. The van der Waals surface area contributed by atoms with E-state index < -0.39 is 0 Å². The Morgan fingerprint density at radius 3 is 2.69 bits per heavy atom. The van der Waals surface area contributed by atoms with Crippen LogP contribution in [0.2, 0.25) is 0 Å². The van der Waals surface area contributed by atoms with Crippen LogP contribution in [0.4, 0.5) is 0 Å². The zero-order valence-electron chi connectivity index (χ0n) is 9.16. The molecule has 13 heavy (non-hydrogen) atoms. The Morgan fingerprint density at radius 2 is 2.15 bits per heavy atom. The molecule has 1 aliphatic rings. The van der Waals surface area contributed by atoms with Crippen LogP contribution in [0.3, 0.4) is 0 Å². The molecule has 0 amide bonds. The highest BCUT2D eigenvalue weighted by Crippen LogP contribution is 2.22. The predicted octanol–water partition coefficient (Wildman–Crippen LogP) is 1.88. The van der Waals surface area contributed by atoms with Gasteiger partial charge in [0.2, 0.25) is 0 Å². The number of likely N-dealkylation sites (tertiary alicyclic amines) is 1. The fourth-order valence-corrected chi connectivity index (χ4v) is 2.13. The first-order valence-corrected chi connectivity index (χ1v) is 5.55. The molecule has 0 bridgehead atoms. The molecule has 1 fully saturated rings. The fraction of sp³-hybridized carbons (Fsp3) is 1.00. The SMILES string of the molecule is CCC(O)CN1CC[C@H](C)C[C@@H]1C. The van der Waals surface area contributed by atoms with Crippen LogP contribution in [0.1, 0.15) is 40.0 Å². The molecule has 2 heteroatoms. The van der Waals surface area contributed by atoms with Crippen molar-refractivity contribution in [1.29, 1.82) is 0 Å². The molecule has 1 saturated heterocycles. The van der Waals surface area contributed by atoms with Crippen molar-refractivity contribution in [2.24, 2.45) is 5.92 Å². The summed E-state index contributed by atoms with van der Waals surface area (Å²) in [7, 11) is 0. The molecule has 3 atom stereocenters. The third-order valence-electron chi connectivity index (χ3n) is 3.19. The number of aliphatic hydroxyl groups is 1. The summed E-state index contributed by atoms with van der Waals surface area (Å²) in [5, 5.41) is 9.55. The Kier molecular flexibility index (Phi) is 4.20. The van der Waals surface area contributed by atoms with Gasteiger partial charge in [0.05, 0.1) is 6.10 Å². The Hall–Kier alpha value is -0.0800. The molecular weight excluding hydrogens is 162 g/mol. The number of hydrogen-bond donors (Lipinski definition) is 1. The average Bonchev–Trinajstić information content (AvgIpc) is 2.09. The first kappa shape index (κ1) is 11.0. The molecule has 0 aromatic carbocycles. The summed E-state index contributed by atoms with van der Waals surface area (Å²) in [5.41, 5.74) is 0. The summed E-state index contributed by atoms with van der Waals surface area (Å²) >= 11 is 0. The van der Waals surface area contributed by atoms with E-state index in [4.69, 9.17) is 0 Å². The van der Waals surface area contributed by atoms with Gasteiger partial charge in [-0.3, -0.25) is 4.90 Å². The molecule has 1 rings (SSSR count). The standard InChI is InChI=1S/C11H23NO/c1-4-11(13)8-12-6-5-9(2)7-10(12)3/h9-11,13H,4-8H2,1-3H3/t9-,10-,11?/m0/s1. The summed E-state index contributed by atoms with van der Waals surface area (Å²) in [6.07, 6.45) is 3.33. The van der Waals surface area contributed by atoms with E-state index in [1.807, 2.05) is 6.92 Å². The summed E-state index contributed by atoms with van der Waals surface area (Å²) in [4.78, 5) is 2.42. The molecule has 0 aromatic rings. The zero-order chi connectivity index (χ0) is 9.84. The molecular formula is C11H23NO. The van der Waals surface area contributed by atoms with Crippen LogP contribution in [0.15, 0.2) is 0 Å². The lowest BCUT2D eigenvalue weighted by atomic mass is 9.93. The van der Waals surface area contributed by atoms with Gasteiger partial charge in [-0.05, 0) is 38.6 Å². The normalized spacial score (nSPS) is 33.2. The van der Waals surface area contributed by atoms with Gasteiger partial charge in [0.15, 0.2) is 0 Å². The van der Waals surface area contributed by atoms with Crippen LogP contribution < -0.4 is 0 Å². The van der Waals surface area contributed by atoms with Crippen LogP contribution in [-0.4, -0.2) is 35.2 Å². The molecule has 0 spiro atoms. The Balaban J connectivity index is 2.33. The second kappa shape index (κ2) is 4.97.